The van der Waals surface area contributed by atoms with Crippen LogP contribution in [0.25, 0.3) is 0 Å². The van der Waals surface area contributed by atoms with Gasteiger partial charge in [-0.15, -0.1) is 0 Å². The molecule has 0 unspecified atom stereocenters. The van der Waals surface area contributed by atoms with Gasteiger partial charge in [-0.05, 0) is 24.1 Å². The lowest BCUT2D eigenvalue weighted by Crippen LogP contribution is -2.42. The lowest BCUT2D eigenvalue weighted by molar-refractivity contribution is -0.130. The summed E-state index contributed by atoms with van der Waals surface area (Å²) in [5, 5.41) is 0. The number of anilines is 1. The van der Waals surface area contributed by atoms with Gasteiger partial charge < -0.3 is 9.80 Å². The molecule has 1 aliphatic rings. The van der Waals surface area contributed by atoms with Crippen molar-refractivity contribution in [3.8, 4) is 0 Å². The molecule has 3 rings (SSSR count). The van der Waals surface area contributed by atoms with Crippen LogP contribution in [0.4, 0.5) is 11.4 Å². The SMILES string of the molecule is CCCCN(C)C(=O)CN1C(=O)CC(c2ccccc2)=Nc2ccccc21. The minimum absolute atomic E-state index is 0.0354. The lowest BCUT2D eigenvalue weighted by atomic mass is 10.1. The van der Waals surface area contributed by atoms with E-state index in [2.05, 4.69) is 6.92 Å². The number of para-hydroxylation sites is 2. The Morgan fingerprint density at radius 2 is 1.81 bits per heavy atom. The molecule has 5 heteroatoms. The molecule has 0 saturated carbocycles. The molecule has 0 atom stereocenters. The highest BCUT2D eigenvalue weighted by Gasteiger charge is 2.27. The number of hydrogen-bond donors (Lipinski definition) is 0. The van der Waals surface area contributed by atoms with E-state index in [1.807, 2.05) is 54.6 Å². The fourth-order valence-corrected chi connectivity index (χ4v) is 3.09. The first-order chi connectivity index (χ1) is 13.1. The molecule has 2 aromatic carbocycles. The third kappa shape index (κ3) is 4.42. The summed E-state index contributed by atoms with van der Waals surface area (Å²) in [6, 6.07) is 17.2. The van der Waals surface area contributed by atoms with Gasteiger partial charge in [-0.25, -0.2) is 0 Å². The maximum absolute atomic E-state index is 13.0. The Kier molecular flexibility index (Phi) is 6.01. The van der Waals surface area contributed by atoms with Crippen LogP contribution in [0.1, 0.15) is 31.7 Å². The first-order valence-electron chi connectivity index (χ1n) is 9.36. The molecule has 140 valence electrons. The first-order valence-corrected chi connectivity index (χ1v) is 9.36. The van der Waals surface area contributed by atoms with Crippen molar-refractivity contribution in [2.24, 2.45) is 4.99 Å². The topological polar surface area (TPSA) is 53.0 Å². The van der Waals surface area contributed by atoms with E-state index in [0.717, 1.165) is 24.1 Å². The van der Waals surface area contributed by atoms with E-state index in [4.69, 9.17) is 4.99 Å². The number of fused-ring (bicyclic) bond motifs is 1. The molecule has 0 bridgehead atoms. The number of amides is 2. The van der Waals surface area contributed by atoms with Crippen molar-refractivity contribution in [3.05, 3.63) is 60.2 Å². The van der Waals surface area contributed by atoms with E-state index in [1.54, 1.807) is 16.8 Å². The molecule has 0 fully saturated rings. The van der Waals surface area contributed by atoms with E-state index >= 15 is 0 Å². The number of nitrogens with zero attached hydrogens (tertiary/aromatic N) is 3. The van der Waals surface area contributed by atoms with Crippen molar-refractivity contribution < 1.29 is 9.59 Å². The van der Waals surface area contributed by atoms with Crippen LogP contribution in [0.2, 0.25) is 0 Å². The average molecular weight is 363 g/mol. The van der Waals surface area contributed by atoms with Crippen LogP contribution in [-0.4, -0.2) is 42.6 Å². The minimum Gasteiger partial charge on any atom is -0.344 e. The summed E-state index contributed by atoms with van der Waals surface area (Å²) in [4.78, 5) is 33.6. The van der Waals surface area contributed by atoms with Crippen molar-refractivity contribution in [2.75, 3.05) is 25.0 Å². The van der Waals surface area contributed by atoms with Gasteiger partial charge in [0.15, 0.2) is 0 Å². The second-order valence-electron chi connectivity index (χ2n) is 6.74. The number of carbonyl (C=O) groups excluding carboxylic acids is 2. The zero-order valence-corrected chi connectivity index (χ0v) is 15.9. The van der Waals surface area contributed by atoms with Crippen LogP contribution in [0.5, 0.6) is 0 Å². The summed E-state index contributed by atoms with van der Waals surface area (Å²) < 4.78 is 0. The summed E-state index contributed by atoms with van der Waals surface area (Å²) in [5.74, 6) is -0.172. The van der Waals surface area contributed by atoms with Crippen LogP contribution in [0.15, 0.2) is 59.6 Å². The van der Waals surface area contributed by atoms with Crippen LogP contribution >= 0.6 is 0 Å². The van der Waals surface area contributed by atoms with Crippen molar-refractivity contribution in [1.82, 2.24) is 4.90 Å². The quantitative estimate of drug-likeness (QED) is 0.784. The van der Waals surface area contributed by atoms with Crippen molar-refractivity contribution in [1.29, 1.82) is 0 Å². The Bertz CT molecular complexity index is 846. The summed E-state index contributed by atoms with van der Waals surface area (Å²) in [6.07, 6.45) is 2.15. The highest BCUT2D eigenvalue weighted by atomic mass is 16.2. The van der Waals surface area contributed by atoms with E-state index in [-0.39, 0.29) is 24.8 Å². The average Bonchev–Trinajstić information content (AvgIpc) is 2.83. The second kappa shape index (κ2) is 8.62. The van der Waals surface area contributed by atoms with Gasteiger partial charge in [0, 0.05) is 13.6 Å². The van der Waals surface area contributed by atoms with Crippen LogP contribution in [0.3, 0.4) is 0 Å². The number of rotatable bonds is 6. The molecule has 0 N–H and O–H groups in total. The molecule has 2 aromatic rings. The molecule has 0 radical (unpaired) electrons. The molecule has 0 spiro atoms. The number of hydrogen-bond acceptors (Lipinski definition) is 3. The van der Waals surface area contributed by atoms with Crippen molar-refractivity contribution in [3.63, 3.8) is 0 Å². The third-order valence-electron chi connectivity index (χ3n) is 4.72. The molecule has 0 saturated heterocycles. The van der Waals surface area contributed by atoms with Gasteiger partial charge in [0.05, 0.1) is 23.5 Å². The maximum Gasteiger partial charge on any atom is 0.242 e. The molecule has 5 nitrogen and oxygen atoms in total. The maximum atomic E-state index is 13.0. The normalized spacial score (nSPS) is 13.6. The molecule has 1 aliphatic heterocycles. The van der Waals surface area contributed by atoms with Crippen LogP contribution < -0.4 is 4.90 Å². The van der Waals surface area contributed by atoms with E-state index < -0.39 is 0 Å². The minimum atomic E-state index is -0.111. The van der Waals surface area contributed by atoms with Gasteiger partial charge in [-0.3, -0.25) is 14.6 Å². The molecular weight excluding hydrogens is 338 g/mol. The van der Waals surface area contributed by atoms with Gasteiger partial charge in [-0.1, -0.05) is 55.8 Å². The zero-order valence-electron chi connectivity index (χ0n) is 15.9. The number of likely N-dealkylation sites (N-methyl/N-ethyl adjacent to an activating group) is 1. The lowest BCUT2D eigenvalue weighted by Gasteiger charge is -2.25. The molecule has 0 aliphatic carbocycles. The molecule has 27 heavy (non-hydrogen) atoms. The van der Waals surface area contributed by atoms with Gasteiger partial charge in [-0.2, -0.15) is 0 Å². The summed E-state index contributed by atoms with van der Waals surface area (Å²) in [6.45, 7) is 2.83. The highest BCUT2D eigenvalue weighted by Crippen LogP contribution is 2.32. The Balaban J connectivity index is 1.89. The number of unbranched alkanes of at least 4 members (excludes halogenated alkanes) is 1. The Labute approximate surface area is 160 Å². The number of aliphatic imine (C=N–C) groups is 1. The fraction of sp³-hybridized carbons (Fsp3) is 0.318. The molecule has 0 aromatic heterocycles. The summed E-state index contributed by atoms with van der Waals surface area (Å²) in [5.41, 5.74) is 3.05. The van der Waals surface area contributed by atoms with E-state index in [9.17, 15) is 9.59 Å². The van der Waals surface area contributed by atoms with Gasteiger partial charge in [0.25, 0.3) is 0 Å². The van der Waals surface area contributed by atoms with Gasteiger partial charge in [0.2, 0.25) is 11.8 Å². The first kappa shape index (κ1) is 18.8. The van der Waals surface area contributed by atoms with Crippen molar-refractivity contribution in [2.45, 2.75) is 26.2 Å². The van der Waals surface area contributed by atoms with E-state index in [0.29, 0.717) is 17.9 Å². The number of benzene rings is 2. The molecule has 1 heterocycles. The summed E-state index contributed by atoms with van der Waals surface area (Å²) in [7, 11) is 1.79. The van der Waals surface area contributed by atoms with E-state index in [1.165, 1.54) is 0 Å². The standard InChI is InChI=1S/C22H25N3O2/c1-3-4-14-24(2)22(27)16-25-20-13-9-8-12-18(20)23-19(15-21(25)26)17-10-6-5-7-11-17/h5-13H,3-4,14-16H2,1-2H3. The summed E-state index contributed by atoms with van der Waals surface area (Å²) >= 11 is 0. The smallest absolute Gasteiger partial charge is 0.242 e. The Morgan fingerprint density at radius 1 is 1.11 bits per heavy atom. The zero-order chi connectivity index (χ0) is 19.2. The Morgan fingerprint density at radius 3 is 2.56 bits per heavy atom. The van der Waals surface area contributed by atoms with Gasteiger partial charge >= 0.3 is 0 Å². The monoisotopic (exact) mass is 363 g/mol. The third-order valence-corrected chi connectivity index (χ3v) is 4.72. The second-order valence-corrected chi connectivity index (χ2v) is 6.74. The number of carbonyl (C=O) groups is 2. The van der Waals surface area contributed by atoms with Crippen LogP contribution in [0, 0.1) is 0 Å². The fourth-order valence-electron chi connectivity index (χ4n) is 3.09. The van der Waals surface area contributed by atoms with Crippen molar-refractivity contribution >= 4 is 28.9 Å². The largest absolute Gasteiger partial charge is 0.344 e. The van der Waals surface area contributed by atoms with Gasteiger partial charge in [0.1, 0.15) is 6.54 Å². The predicted molar refractivity (Wildman–Crippen MR) is 109 cm³/mol. The van der Waals surface area contributed by atoms with Crippen LogP contribution in [-0.2, 0) is 9.59 Å². The molecule has 2 amide bonds. The highest BCUT2D eigenvalue weighted by molar-refractivity contribution is 6.18. The Hall–Kier alpha value is -2.95. The molecular formula is C22H25N3O2. The predicted octanol–water partition coefficient (Wildman–Crippen LogP) is 3.80.